The highest BCUT2D eigenvalue weighted by Crippen LogP contribution is 2.17. The summed E-state index contributed by atoms with van der Waals surface area (Å²) in [5, 5.41) is 9.85. The van der Waals surface area contributed by atoms with Crippen molar-refractivity contribution in [2.75, 3.05) is 19.6 Å². The van der Waals surface area contributed by atoms with Gasteiger partial charge in [0.05, 0.1) is 6.10 Å². The van der Waals surface area contributed by atoms with Crippen LogP contribution in [0.2, 0.25) is 0 Å². The molecule has 0 amide bonds. The van der Waals surface area contributed by atoms with Crippen LogP contribution in [0, 0.1) is 5.82 Å². The Kier molecular flexibility index (Phi) is 4.72. The Bertz CT molecular complexity index is 299. The van der Waals surface area contributed by atoms with Crippen LogP contribution in [-0.2, 0) is 0 Å². The fourth-order valence-corrected chi connectivity index (χ4v) is 1.57. The number of hydrogen-bond acceptors (Lipinski definition) is 2. The zero-order chi connectivity index (χ0) is 11.3. The molecule has 0 aliphatic carbocycles. The second-order valence-electron chi connectivity index (χ2n) is 3.52. The predicted molar refractivity (Wildman–Crippen MR) is 59.1 cm³/mol. The maximum Gasteiger partial charge on any atom is 0.129 e. The second kappa shape index (κ2) is 5.83. The van der Waals surface area contributed by atoms with Gasteiger partial charge in [-0.2, -0.15) is 0 Å². The van der Waals surface area contributed by atoms with Gasteiger partial charge in [0.2, 0.25) is 0 Å². The maximum atomic E-state index is 13.3. The first-order valence-corrected chi connectivity index (χ1v) is 5.33. The first-order valence-electron chi connectivity index (χ1n) is 5.33. The molecule has 0 bridgehead atoms. The summed E-state index contributed by atoms with van der Waals surface area (Å²) in [6.07, 6.45) is -0.744. The number of benzene rings is 1. The maximum absolute atomic E-state index is 13.3. The molecule has 0 radical (unpaired) electrons. The minimum Gasteiger partial charge on any atom is -0.387 e. The average molecular weight is 211 g/mol. The van der Waals surface area contributed by atoms with Crippen molar-refractivity contribution in [2.45, 2.75) is 20.0 Å². The molecule has 1 rings (SSSR count). The van der Waals surface area contributed by atoms with E-state index in [1.165, 1.54) is 6.07 Å². The molecule has 1 aromatic rings. The summed E-state index contributed by atoms with van der Waals surface area (Å²) in [5.41, 5.74) is 0.379. The van der Waals surface area contributed by atoms with Crippen molar-refractivity contribution < 1.29 is 9.50 Å². The highest BCUT2D eigenvalue weighted by molar-refractivity contribution is 5.19. The Hall–Kier alpha value is -0.930. The normalized spacial score (nSPS) is 13.1. The fraction of sp³-hybridized carbons (Fsp3) is 0.500. The minimum atomic E-state index is -0.744. The molecule has 0 unspecified atom stereocenters. The lowest BCUT2D eigenvalue weighted by molar-refractivity contribution is 0.116. The van der Waals surface area contributed by atoms with E-state index in [0.29, 0.717) is 12.1 Å². The average Bonchev–Trinajstić information content (AvgIpc) is 2.26. The third-order valence-electron chi connectivity index (χ3n) is 2.59. The van der Waals surface area contributed by atoms with Gasteiger partial charge in [0.1, 0.15) is 5.82 Å². The van der Waals surface area contributed by atoms with E-state index in [-0.39, 0.29) is 5.82 Å². The van der Waals surface area contributed by atoms with E-state index in [0.717, 1.165) is 13.1 Å². The Balaban J connectivity index is 2.68. The molecule has 3 heteroatoms. The minimum absolute atomic E-state index is 0.336. The van der Waals surface area contributed by atoms with Gasteiger partial charge in [-0.25, -0.2) is 4.39 Å². The van der Waals surface area contributed by atoms with Crippen molar-refractivity contribution in [1.29, 1.82) is 0 Å². The van der Waals surface area contributed by atoms with E-state index in [4.69, 9.17) is 0 Å². The third-order valence-corrected chi connectivity index (χ3v) is 2.59. The lowest BCUT2D eigenvalue weighted by Gasteiger charge is -2.22. The molecule has 2 nitrogen and oxygen atoms in total. The topological polar surface area (TPSA) is 23.5 Å². The SMILES string of the molecule is CCN(CC)C[C@@H](O)c1ccccc1F. The van der Waals surface area contributed by atoms with Crippen LogP contribution in [-0.4, -0.2) is 29.6 Å². The summed E-state index contributed by atoms with van der Waals surface area (Å²) in [4.78, 5) is 2.07. The van der Waals surface area contributed by atoms with Crippen molar-refractivity contribution >= 4 is 0 Å². The second-order valence-corrected chi connectivity index (χ2v) is 3.52. The van der Waals surface area contributed by atoms with Gasteiger partial charge in [0.15, 0.2) is 0 Å². The number of aliphatic hydroxyl groups excluding tert-OH is 1. The standard InChI is InChI=1S/C12H18FNO/c1-3-14(4-2)9-12(15)10-7-5-6-8-11(10)13/h5-8,12,15H,3-4,9H2,1-2H3/t12-/m1/s1. The van der Waals surface area contributed by atoms with Gasteiger partial charge < -0.3 is 10.0 Å². The molecule has 84 valence electrons. The van der Waals surface area contributed by atoms with Crippen LogP contribution >= 0.6 is 0 Å². The van der Waals surface area contributed by atoms with Crippen molar-refractivity contribution in [3.8, 4) is 0 Å². The van der Waals surface area contributed by atoms with Crippen LogP contribution in [0.3, 0.4) is 0 Å². The van der Waals surface area contributed by atoms with Crippen molar-refractivity contribution in [1.82, 2.24) is 4.90 Å². The smallest absolute Gasteiger partial charge is 0.129 e. The number of halogens is 1. The number of nitrogens with zero attached hydrogens (tertiary/aromatic N) is 1. The van der Waals surface area contributed by atoms with Crippen LogP contribution in [0.1, 0.15) is 25.5 Å². The lowest BCUT2D eigenvalue weighted by atomic mass is 10.1. The quantitative estimate of drug-likeness (QED) is 0.807. The van der Waals surface area contributed by atoms with Gasteiger partial charge >= 0.3 is 0 Å². The molecule has 0 fully saturated rings. The van der Waals surface area contributed by atoms with Crippen LogP contribution in [0.5, 0.6) is 0 Å². The van der Waals surface area contributed by atoms with E-state index >= 15 is 0 Å². The Morgan fingerprint density at radius 3 is 2.40 bits per heavy atom. The highest BCUT2D eigenvalue weighted by Gasteiger charge is 2.14. The van der Waals surface area contributed by atoms with E-state index in [1.54, 1.807) is 18.2 Å². The molecule has 1 atom stereocenters. The van der Waals surface area contributed by atoms with Crippen LogP contribution in [0.15, 0.2) is 24.3 Å². The molecule has 0 aliphatic rings. The molecule has 0 saturated heterocycles. The molecule has 0 heterocycles. The van der Waals surface area contributed by atoms with Crippen LogP contribution < -0.4 is 0 Å². The summed E-state index contributed by atoms with van der Waals surface area (Å²) >= 11 is 0. The summed E-state index contributed by atoms with van der Waals surface area (Å²) in [7, 11) is 0. The van der Waals surface area contributed by atoms with E-state index < -0.39 is 6.10 Å². The van der Waals surface area contributed by atoms with Crippen LogP contribution in [0.4, 0.5) is 4.39 Å². The number of aliphatic hydroxyl groups is 1. The van der Waals surface area contributed by atoms with Crippen LogP contribution in [0.25, 0.3) is 0 Å². The molecular weight excluding hydrogens is 193 g/mol. The van der Waals surface area contributed by atoms with Gasteiger partial charge in [0.25, 0.3) is 0 Å². The Morgan fingerprint density at radius 2 is 1.87 bits per heavy atom. The zero-order valence-electron chi connectivity index (χ0n) is 9.28. The molecule has 0 aliphatic heterocycles. The highest BCUT2D eigenvalue weighted by atomic mass is 19.1. The van der Waals surface area contributed by atoms with Gasteiger partial charge in [-0.3, -0.25) is 0 Å². The third kappa shape index (κ3) is 3.29. The van der Waals surface area contributed by atoms with Gasteiger partial charge in [-0.1, -0.05) is 32.0 Å². The first kappa shape index (κ1) is 12.1. The zero-order valence-corrected chi connectivity index (χ0v) is 9.28. The van der Waals surface area contributed by atoms with Crippen molar-refractivity contribution in [3.05, 3.63) is 35.6 Å². The molecule has 0 aromatic heterocycles. The summed E-state index contributed by atoms with van der Waals surface area (Å²) in [5.74, 6) is -0.336. The van der Waals surface area contributed by atoms with E-state index in [1.807, 2.05) is 13.8 Å². The van der Waals surface area contributed by atoms with Crippen molar-refractivity contribution in [2.24, 2.45) is 0 Å². The molecule has 1 aromatic carbocycles. The lowest BCUT2D eigenvalue weighted by Crippen LogP contribution is -2.28. The van der Waals surface area contributed by atoms with Gasteiger partial charge in [0, 0.05) is 12.1 Å². The van der Waals surface area contributed by atoms with Gasteiger partial charge in [-0.05, 0) is 19.2 Å². The molecule has 0 spiro atoms. The number of likely N-dealkylation sites (N-methyl/N-ethyl adjacent to an activating group) is 1. The monoisotopic (exact) mass is 211 g/mol. The largest absolute Gasteiger partial charge is 0.387 e. The summed E-state index contributed by atoms with van der Waals surface area (Å²) in [6.45, 7) is 6.26. The first-order chi connectivity index (χ1) is 7.19. The van der Waals surface area contributed by atoms with E-state index in [9.17, 15) is 9.50 Å². The van der Waals surface area contributed by atoms with E-state index in [2.05, 4.69) is 4.90 Å². The Morgan fingerprint density at radius 1 is 1.27 bits per heavy atom. The summed E-state index contributed by atoms with van der Waals surface area (Å²) < 4.78 is 13.3. The molecule has 0 saturated carbocycles. The van der Waals surface area contributed by atoms with Gasteiger partial charge in [-0.15, -0.1) is 0 Å². The molecular formula is C12H18FNO. The predicted octanol–water partition coefficient (Wildman–Crippen LogP) is 2.20. The number of rotatable bonds is 5. The molecule has 15 heavy (non-hydrogen) atoms. The fourth-order valence-electron chi connectivity index (χ4n) is 1.57. The number of hydrogen-bond donors (Lipinski definition) is 1. The molecule has 1 N–H and O–H groups in total. The Labute approximate surface area is 90.3 Å². The van der Waals surface area contributed by atoms with Crippen molar-refractivity contribution in [3.63, 3.8) is 0 Å². The summed E-state index contributed by atoms with van der Waals surface area (Å²) in [6, 6.07) is 6.37.